The van der Waals surface area contributed by atoms with Crippen LogP contribution in [0.5, 0.6) is 0 Å². The van der Waals surface area contributed by atoms with Gasteiger partial charge in [0, 0.05) is 29.3 Å². The standard InChI is InChI=1S/C16H17NO/c1-11-5-6-12(9-11)16(18)15-4-2-3-13-10-17-8-7-14(13)15/h2-4,7-8,10-12H,5-6,9H2,1H3. The molecule has 0 radical (unpaired) electrons. The second kappa shape index (κ2) is 4.52. The summed E-state index contributed by atoms with van der Waals surface area (Å²) < 4.78 is 0. The molecule has 2 atom stereocenters. The fourth-order valence-corrected chi connectivity index (χ4v) is 3.00. The molecule has 3 rings (SSSR count). The highest BCUT2D eigenvalue weighted by Gasteiger charge is 2.28. The Morgan fingerprint density at radius 2 is 2.17 bits per heavy atom. The van der Waals surface area contributed by atoms with Gasteiger partial charge in [0.05, 0.1) is 0 Å². The van der Waals surface area contributed by atoms with Crippen molar-refractivity contribution in [1.29, 1.82) is 0 Å². The average Bonchev–Trinajstić information content (AvgIpc) is 2.84. The Balaban J connectivity index is 2.01. The molecule has 0 amide bonds. The van der Waals surface area contributed by atoms with Crippen molar-refractivity contribution in [2.45, 2.75) is 26.2 Å². The predicted octanol–water partition coefficient (Wildman–Crippen LogP) is 3.85. The maximum atomic E-state index is 12.6. The number of nitrogens with zero attached hydrogens (tertiary/aromatic N) is 1. The van der Waals surface area contributed by atoms with Crippen LogP contribution in [-0.4, -0.2) is 10.8 Å². The highest BCUT2D eigenvalue weighted by Crippen LogP contribution is 2.34. The maximum absolute atomic E-state index is 12.6. The molecule has 1 heterocycles. The van der Waals surface area contributed by atoms with E-state index in [1.54, 1.807) is 6.20 Å². The molecule has 1 fully saturated rings. The summed E-state index contributed by atoms with van der Waals surface area (Å²) >= 11 is 0. The first-order valence-electron chi connectivity index (χ1n) is 6.62. The van der Waals surface area contributed by atoms with Crippen LogP contribution in [0.4, 0.5) is 0 Å². The third-order valence-electron chi connectivity index (χ3n) is 4.01. The molecule has 18 heavy (non-hydrogen) atoms. The molecule has 92 valence electrons. The summed E-state index contributed by atoms with van der Waals surface area (Å²) in [6, 6.07) is 7.86. The first kappa shape index (κ1) is 11.4. The van der Waals surface area contributed by atoms with Gasteiger partial charge in [0.2, 0.25) is 0 Å². The molecule has 0 aliphatic heterocycles. The van der Waals surface area contributed by atoms with Gasteiger partial charge < -0.3 is 0 Å². The van der Waals surface area contributed by atoms with Crippen LogP contribution in [0.2, 0.25) is 0 Å². The normalized spacial score (nSPS) is 23.4. The summed E-state index contributed by atoms with van der Waals surface area (Å²) in [6.07, 6.45) is 6.85. The number of rotatable bonds is 2. The lowest BCUT2D eigenvalue weighted by atomic mass is 9.92. The van der Waals surface area contributed by atoms with Crippen LogP contribution in [0.3, 0.4) is 0 Å². The van der Waals surface area contributed by atoms with Gasteiger partial charge in [0.1, 0.15) is 0 Å². The molecule has 1 aromatic carbocycles. The van der Waals surface area contributed by atoms with E-state index in [0.29, 0.717) is 11.7 Å². The Hall–Kier alpha value is -1.70. The van der Waals surface area contributed by atoms with Crippen molar-refractivity contribution < 1.29 is 4.79 Å². The third-order valence-corrected chi connectivity index (χ3v) is 4.01. The molecule has 1 aromatic heterocycles. The van der Waals surface area contributed by atoms with Crippen LogP contribution in [0.15, 0.2) is 36.7 Å². The van der Waals surface area contributed by atoms with Gasteiger partial charge in [-0.1, -0.05) is 25.1 Å². The third kappa shape index (κ3) is 1.92. The smallest absolute Gasteiger partial charge is 0.166 e. The Labute approximate surface area is 107 Å². The molecule has 1 aliphatic carbocycles. The number of carbonyl (C=O) groups excluding carboxylic acids is 1. The molecule has 2 unspecified atom stereocenters. The molecule has 2 heteroatoms. The van der Waals surface area contributed by atoms with E-state index in [4.69, 9.17) is 0 Å². The Kier molecular flexibility index (Phi) is 2.86. The van der Waals surface area contributed by atoms with E-state index in [-0.39, 0.29) is 5.92 Å². The Morgan fingerprint density at radius 3 is 2.94 bits per heavy atom. The molecule has 0 bridgehead atoms. The second-order valence-corrected chi connectivity index (χ2v) is 5.38. The number of ketones is 1. The number of benzene rings is 1. The monoisotopic (exact) mass is 239 g/mol. The van der Waals surface area contributed by atoms with Gasteiger partial charge in [-0.05, 0) is 36.6 Å². The molecule has 0 saturated heterocycles. The second-order valence-electron chi connectivity index (χ2n) is 5.38. The summed E-state index contributed by atoms with van der Waals surface area (Å²) in [6.45, 7) is 2.24. The predicted molar refractivity (Wildman–Crippen MR) is 72.6 cm³/mol. The van der Waals surface area contributed by atoms with Crippen LogP contribution in [0, 0.1) is 11.8 Å². The SMILES string of the molecule is CC1CCC(C(=O)c2cccc3cnccc23)C1. The van der Waals surface area contributed by atoms with Crippen molar-refractivity contribution in [3.05, 3.63) is 42.2 Å². The maximum Gasteiger partial charge on any atom is 0.166 e. The van der Waals surface area contributed by atoms with E-state index < -0.39 is 0 Å². The van der Waals surface area contributed by atoms with Gasteiger partial charge >= 0.3 is 0 Å². The van der Waals surface area contributed by atoms with Crippen molar-refractivity contribution in [2.24, 2.45) is 11.8 Å². The van der Waals surface area contributed by atoms with Crippen LogP contribution in [0.1, 0.15) is 36.5 Å². The van der Waals surface area contributed by atoms with Gasteiger partial charge in [-0.15, -0.1) is 0 Å². The van der Waals surface area contributed by atoms with E-state index in [9.17, 15) is 4.79 Å². The highest BCUT2D eigenvalue weighted by molar-refractivity contribution is 6.09. The molecule has 2 nitrogen and oxygen atoms in total. The minimum Gasteiger partial charge on any atom is -0.294 e. The molecular formula is C16H17NO. The zero-order chi connectivity index (χ0) is 12.5. The first-order valence-corrected chi connectivity index (χ1v) is 6.62. The number of pyridine rings is 1. The van der Waals surface area contributed by atoms with Crippen LogP contribution < -0.4 is 0 Å². The van der Waals surface area contributed by atoms with Crippen LogP contribution in [-0.2, 0) is 0 Å². The molecule has 0 spiro atoms. The average molecular weight is 239 g/mol. The van der Waals surface area contributed by atoms with E-state index in [1.807, 2.05) is 30.5 Å². The van der Waals surface area contributed by atoms with Gasteiger partial charge in [0.15, 0.2) is 5.78 Å². The molecule has 0 N–H and O–H groups in total. The topological polar surface area (TPSA) is 30.0 Å². The summed E-state index contributed by atoms with van der Waals surface area (Å²) in [7, 11) is 0. The number of fused-ring (bicyclic) bond motifs is 1. The van der Waals surface area contributed by atoms with Crippen molar-refractivity contribution in [3.63, 3.8) is 0 Å². The fourth-order valence-electron chi connectivity index (χ4n) is 3.00. The largest absolute Gasteiger partial charge is 0.294 e. The zero-order valence-corrected chi connectivity index (χ0v) is 10.6. The van der Waals surface area contributed by atoms with Gasteiger partial charge in [-0.2, -0.15) is 0 Å². The van der Waals surface area contributed by atoms with Gasteiger partial charge in [0.25, 0.3) is 0 Å². The number of hydrogen-bond acceptors (Lipinski definition) is 2. The van der Waals surface area contributed by atoms with E-state index in [1.165, 1.54) is 6.42 Å². The lowest BCUT2D eigenvalue weighted by Crippen LogP contribution is -2.12. The molecule has 1 aliphatic rings. The fraction of sp³-hybridized carbons (Fsp3) is 0.375. The number of Topliss-reactive ketones (excluding diaryl/α,β-unsaturated/α-hetero) is 1. The zero-order valence-electron chi connectivity index (χ0n) is 10.6. The van der Waals surface area contributed by atoms with E-state index in [0.717, 1.165) is 29.2 Å². The van der Waals surface area contributed by atoms with Gasteiger partial charge in [-0.3, -0.25) is 9.78 Å². The number of aromatic nitrogens is 1. The number of hydrogen-bond donors (Lipinski definition) is 0. The van der Waals surface area contributed by atoms with Crippen LogP contribution >= 0.6 is 0 Å². The lowest BCUT2D eigenvalue weighted by Gasteiger charge is -2.10. The summed E-state index contributed by atoms with van der Waals surface area (Å²) in [5, 5.41) is 2.09. The molecule has 2 aromatic rings. The Bertz CT molecular complexity index is 585. The highest BCUT2D eigenvalue weighted by atomic mass is 16.1. The van der Waals surface area contributed by atoms with E-state index in [2.05, 4.69) is 11.9 Å². The lowest BCUT2D eigenvalue weighted by molar-refractivity contribution is 0.0922. The van der Waals surface area contributed by atoms with Crippen molar-refractivity contribution in [3.8, 4) is 0 Å². The molecule has 1 saturated carbocycles. The van der Waals surface area contributed by atoms with Crippen LogP contribution in [0.25, 0.3) is 10.8 Å². The summed E-state index contributed by atoms with van der Waals surface area (Å²) in [5.74, 6) is 1.23. The number of carbonyl (C=O) groups is 1. The summed E-state index contributed by atoms with van der Waals surface area (Å²) in [5.41, 5.74) is 0.869. The Morgan fingerprint density at radius 1 is 1.28 bits per heavy atom. The minimum atomic E-state index is 0.221. The molecular weight excluding hydrogens is 222 g/mol. The van der Waals surface area contributed by atoms with E-state index >= 15 is 0 Å². The van der Waals surface area contributed by atoms with Gasteiger partial charge in [-0.25, -0.2) is 0 Å². The first-order chi connectivity index (χ1) is 8.75. The van der Waals surface area contributed by atoms with Crippen molar-refractivity contribution >= 4 is 16.6 Å². The summed E-state index contributed by atoms with van der Waals surface area (Å²) in [4.78, 5) is 16.7. The minimum absolute atomic E-state index is 0.221. The van der Waals surface area contributed by atoms with Crippen molar-refractivity contribution in [2.75, 3.05) is 0 Å². The van der Waals surface area contributed by atoms with Crippen molar-refractivity contribution in [1.82, 2.24) is 4.98 Å². The quantitative estimate of drug-likeness (QED) is 0.745.